The van der Waals surface area contributed by atoms with Gasteiger partial charge in [-0.1, -0.05) is 43.4 Å². The minimum Gasteiger partial charge on any atom is -0.378 e. The normalized spacial score (nSPS) is 20.1. The molecule has 1 aliphatic carbocycles. The van der Waals surface area contributed by atoms with E-state index in [9.17, 15) is 18.0 Å². The molecular weight excluding hydrogens is 492 g/mol. The maximum absolute atomic E-state index is 13.4. The number of benzene rings is 1. The summed E-state index contributed by atoms with van der Waals surface area (Å²) in [4.78, 5) is 27.7. The quantitative estimate of drug-likeness (QED) is 0.586. The SMILES string of the molecule is CS(=O)(=O)c1ccc([C@@H](CC2CCCC2)C(=O)NC2=NN(CC(=O)N3CCOCC3)CC2)cc1Cl. The van der Waals surface area contributed by atoms with Crippen molar-refractivity contribution in [1.29, 1.82) is 0 Å². The van der Waals surface area contributed by atoms with Crippen molar-refractivity contribution in [2.45, 2.75) is 49.3 Å². The monoisotopic (exact) mass is 524 g/mol. The first-order valence-corrected chi connectivity index (χ1v) is 14.5. The van der Waals surface area contributed by atoms with Crippen molar-refractivity contribution >= 4 is 39.1 Å². The maximum atomic E-state index is 13.4. The van der Waals surface area contributed by atoms with Crippen molar-refractivity contribution < 1.29 is 22.7 Å². The fraction of sp³-hybridized carbons (Fsp3) is 0.625. The number of sulfone groups is 1. The second kappa shape index (κ2) is 11.3. The number of amides is 2. The Morgan fingerprint density at radius 1 is 1.20 bits per heavy atom. The highest BCUT2D eigenvalue weighted by Gasteiger charge is 2.30. The van der Waals surface area contributed by atoms with Crippen molar-refractivity contribution in [3.05, 3.63) is 28.8 Å². The molecule has 1 saturated heterocycles. The number of carbonyl (C=O) groups excluding carboxylic acids is 2. The number of carbonyl (C=O) groups is 2. The van der Waals surface area contributed by atoms with Gasteiger partial charge in [-0.15, -0.1) is 0 Å². The van der Waals surface area contributed by atoms with Gasteiger partial charge in [-0.05, 0) is 30.0 Å². The summed E-state index contributed by atoms with van der Waals surface area (Å²) in [5, 5.41) is 9.25. The van der Waals surface area contributed by atoms with Crippen molar-refractivity contribution in [3.8, 4) is 0 Å². The fourth-order valence-corrected chi connectivity index (χ4v) is 6.35. The van der Waals surface area contributed by atoms with E-state index in [1.165, 1.54) is 6.07 Å². The van der Waals surface area contributed by atoms with Crippen LogP contribution in [0.2, 0.25) is 5.02 Å². The molecule has 1 saturated carbocycles. The van der Waals surface area contributed by atoms with Crippen LogP contribution in [-0.4, -0.2) is 81.6 Å². The summed E-state index contributed by atoms with van der Waals surface area (Å²) in [5.41, 5.74) is 0.699. The molecule has 192 valence electrons. The van der Waals surface area contributed by atoms with Crippen molar-refractivity contribution in [2.75, 3.05) is 45.6 Å². The summed E-state index contributed by atoms with van der Waals surface area (Å²) in [6.07, 6.45) is 6.81. The van der Waals surface area contributed by atoms with Gasteiger partial charge < -0.3 is 15.0 Å². The van der Waals surface area contributed by atoms with Gasteiger partial charge in [-0.3, -0.25) is 14.6 Å². The molecule has 1 N–H and O–H groups in total. The molecule has 0 spiro atoms. The summed E-state index contributed by atoms with van der Waals surface area (Å²) in [5.74, 6) is 0.341. The summed E-state index contributed by atoms with van der Waals surface area (Å²) in [6, 6.07) is 4.76. The third-order valence-electron chi connectivity index (χ3n) is 6.94. The molecule has 2 amide bonds. The van der Waals surface area contributed by atoms with E-state index in [-0.39, 0.29) is 28.3 Å². The van der Waals surface area contributed by atoms with Gasteiger partial charge in [0.25, 0.3) is 0 Å². The lowest BCUT2D eigenvalue weighted by molar-refractivity contribution is -0.136. The zero-order valence-corrected chi connectivity index (χ0v) is 21.6. The third kappa shape index (κ3) is 6.74. The molecule has 0 radical (unpaired) electrons. The second-order valence-corrected chi connectivity index (χ2v) is 12.0. The number of amidine groups is 1. The van der Waals surface area contributed by atoms with E-state index in [0.29, 0.717) is 63.0 Å². The second-order valence-electron chi connectivity index (χ2n) is 9.57. The van der Waals surface area contributed by atoms with Crippen LogP contribution in [0.5, 0.6) is 0 Å². The van der Waals surface area contributed by atoms with E-state index in [1.54, 1.807) is 22.0 Å². The van der Waals surface area contributed by atoms with Crippen LogP contribution in [0.1, 0.15) is 50.0 Å². The Labute approximate surface area is 211 Å². The van der Waals surface area contributed by atoms with E-state index in [0.717, 1.165) is 31.9 Å². The lowest BCUT2D eigenvalue weighted by Gasteiger charge is -2.28. The van der Waals surface area contributed by atoms with Crippen LogP contribution in [0.3, 0.4) is 0 Å². The number of halogens is 1. The number of hydrogen-bond donors (Lipinski definition) is 1. The maximum Gasteiger partial charge on any atom is 0.244 e. The van der Waals surface area contributed by atoms with E-state index in [1.807, 2.05) is 0 Å². The lowest BCUT2D eigenvalue weighted by atomic mass is 9.87. The number of nitrogens with zero attached hydrogens (tertiary/aromatic N) is 3. The molecule has 0 aromatic heterocycles. The van der Waals surface area contributed by atoms with Gasteiger partial charge in [0.15, 0.2) is 9.84 Å². The number of hydrogen-bond acceptors (Lipinski definition) is 7. The molecule has 11 heteroatoms. The average molecular weight is 525 g/mol. The lowest BCUT2D eigenvalue weighted by Crippen LogP contribution is -2.44. The molecule has 2 fully saturated rings. The van der Waals surface area contributed by atoms with Crippen LogP contribution in [0.15, 0.2) is 28.2 Å². The van der Waals surface area contributed by atoms with Gasteiger partial charge in [-0.2, -0.15) is 5.10 Å². The van der Waals surface area contributed by atoms with E-state index in [4.69, 9.17) is 16.3 Å². The predicted molar refractivity (Wildman–Crippen MR) is 133 cm³/mol. The first-order chi connectivity index (χ1) is 16.7. The number of rotatable bonds is 7. The van der Waals surface area contributed by atoms with Crippen molar-refractivity contribution in [3.63, 3.8) is 0 Å². The Bertz CT molecular complexity index is 1080. The molecule has 1 aromatic rings. The van der Waals surface area contributed by atoms with Crippen LogP contribution in [-0.2, 0) is 24.2 Å². The topological polar surface area (TPSA) is 108 Å². The zero-order valence-electron chi connectivity index (χ0n) is 20.0. The van der Waals surface area contributed by atoms with E-state index in [2.05, 4.69) is 10.4 Å². The minimum atomic E-state index is -3.46. The van der Waals surface area contributed by atoms with Crippen LogP contribution < -0.4 is 5.32 Å². The first kappa shape index (κ1) is 25.9. The molecule has 2 aliphatic heterocycles. The van der Waals surface area contributed by atoms with Crippen LogP contribution >= 0.6 is 11.6 Å². The highest BCUT2D eigenvalue weighted by Crippen LogP contribution is 2.36. The zero-order chi connectivity index (χ0) is 25.0. The van der Waals surface area contributed by atoms with Gasteiger partial charge >= 0.3 is 0 Å². The van der Waals surface area contributed by atoms with Gasteiger partial charge in [0.1, 0.15) is 12.4 Å². The fourth-order valence-electron chi connectivity index (χ4n) is 5.01. The largest absolute Gasteiger partial charge is 0.378 e. The number of nitrogens with one attached hydrogen (secondary N) is 1. The van der Waals surface area contributed by atoms with Crippen LogP contribution in [0.4, 0.5) is 0 Å². The van der Waals surface area contributed by atoms with Gasteiger partial charge in [-0.25, -0.2) is 8.42 Å². The summed E-state index contributed by atoms with van der Waals surface area (Å²) >= 11 is 6.30. The van der Waals surface area contributed by atoms with Gasteiger partial charge in [0.2, 0.25) is 11.8 Å². The van der Waals surface area contributed by atoms with Crippen LogP contribution in [0.25, 0.3) is 0 Å². The minimum absolute atomic E-state index is 0.00402. The van der Waals surface area contributed by atoms with E-state index >= 15 is 0 Å². The number of morpholine rings is 1. The van der Waals surface area contributed by atoms with Gasteiger partial charge in [0, 0.05) is 32.3 Å². The Kier molecular flexibility index (Phi) is 8.34. The highest BCUT2D eigenvalue weighted by molar-refractivity contribution is 7.90. The molecule has 0 bridgehead atoms. The Hall–Kier alpha value is -2.17. The third-order valence-corrected chi connectivity index (χ3v) is 8.52. The Balaban J connectivity index is 1.45. The summed E-state index contributed by atoms with van der Waals surface area (Å²) in [7, 11) is -3.46. The Morgan fingerprint density at radius 2 is 1.91 bits per heavy atom. The molecule has 1 aromatic carbocycles. The molecule has 0 unspecified atom stereocenters. The average Bonchev–Trinajstić information content (AvgIpc) is 3.49. The molecular formula is C24H33ClN4O5S. The molecule has 9 nitrogen and oxygen atoms in total. The molecule has 1 atom stereocenters. The number of hydrazone groups is 1. The Morgan fingerprint density at radius 3 is 2.57 bits per heavy atom. The molecule has 3 aliphatic rings. The molecule has 2 heterocycles. The number of ether oxygens (including phenoxy) is 1. The molecule has 35 heavy (non-hydrogen) atoms. The van der Waals surface area contributed by atoms with Crippen LogP contribution in [0, 0.1) is 5.92 Å². The van der Waals surface area contributed by atoms with Gasteiger partial charge in [0.05, 0.1) is 29.0 Å². The first-order valence-electron chi connectivity index (χ1n) is 12.2. The highest BCUT2D eigenvalue weighted by atomic mass is 35.5. The summed E-state index contributed by atoms with van der Waals surface area (Å²) in [6.45, 7) is 3.01. The van der Waals surface area contributed by atoms with E-state index < -0.39 is 15.8 Å². The standard InChI is InChI=1S/C24H33ClN4O5S/c1-35(32,33)21-7-6-18(15-20(21)25)19(14-17-4-2-3-5-17)24(31)26-22-8-9-29(27-22)16-23(30)28-10-12-34-13-11-28/h6-7,15,17,19H,2-5,8-14,16H2,1H3,(H,26,27,31)/t19-/m1/s1. The van der Waals surface area contributed by atoms with Crippen molar-refractivity contribution in [2.24, 2.45) is 11.0 Å². The summed E-state index contributed by atoms with van der Waals surface area (Å²) < 4.78 is 29.2. The molecule has 4 rings (SSSR count). The predicted octanol–water partition coefficient (Wildman–Crippen LogP) is 2.40. The van der Waals surface area contributed by atoms with Crippen molar-refractivity contribution in [1.82, 2.24) is 15.2 Å². The smallest absolute Gasteiger partial charge is 0.244 e.